The van der Waals surface area contributed by atoms with Crippen LogP contribution >= 0.6 is 15.9 Å². The monoisotopic (exact) mass is 373 g/mol. The van der Waals surface area contributed by atoms with E-state index in [2.05, 4.69) is 21.2 Å². The van der Waals surface area contributed by atoms with Crippen LogP contribution in [-0.2, 0) is 16.8 Å². The number of carbonyl (C=O) groups excluding carboxylic acids is 2. The second kappa shape index (κ2) is 5.91. The lowest BCUT2D eigenvalue weighted by Gasteiger charge is -2.20. The van der Waals surface area contributed by atoms with Crippen LogP contribution in [0.4, 0.5) is 5.69 Å². The van der Waals surface area contributed by atoms with Crippen LogP contribution in [0.15, 0.2) is 46.9 Å². The molecule has 3 rings (SSSR count). The SMILES string of the molecule is CCc1cccc2c1NC(=O)[C@]2(O)CC(=O)c1ccc(Br)cc1. The third-order valence-electron chi connectivity index (χ3n) is 4.17. The lowest BCUT2D eigenvalue weighted by atomic mass is 9.87. The zero-order valence-electron chi connectivity index (χ0n) is 12.6. The van der Waals surface area contributed by atoms with Crippen molar-refractivity contribution in [3.63, 3.8) is 0 Å². The van der Waals surface area contributed by atoms with E-state index in [4.69, 9.17) is 0 Å². The minimum atomic E-state index is -1.81. The maximum Gasteiger partial charge on any atom is 0.261 e. The topological polar surface area (TPSA) is 66.4 Å². The highest BCUT2D eigenvalue weighted by atomic mass is 79.9. The molecule has 4 nitrogen and oxygen atoms in total. The van der Waals surface area contributed by atoms with Crippen LogP contribution in [0.3, 0.4) is 0 Å². The van der Waals surface area contributed by atoms with E-state index in [0.717, 1.165) is 16.5 Å². The molecular weight excluding hydrogens is 358 g/mol. The number of para-hydroxylation sites is 1. The number of hydrogen-bond donors (Lipinski definition) is 2. The van der Waals surface area contributed by atoms with Gasteiger partial charge in [0.1, 0.15) is 0 Å². The van der Waals surface area contributed by atoms with Crippen molar-refractivity contribution in [1.82, 2.24) is 0 Å². The van der Waals surface area contributed by atoms with E-state index >= 15 is 0 Å². The number of nitrogens with one attached hydrogen (secondary N) is 1. The zero-order valence-corrected chi connectivity index (χ0v) is 14.2. The molecule has 0 spiro atoms. The summed E-state index contributed by atoms with van der Waals surface area (Å²) in [6.45, 7) is 1.98. The molecule has 0 saturated carbocycles. The number of aliphatic hydroxyl groups is 1. The van der Waals surface area contributed by atoms with Crippen LogP contribution in [0.25, 0.3) is 0 Å². The van der Waals surface area contributed by atoms with Crippen LogP contribution < -0.4 is 5.32 Å². The van der Waals surface area contributed by atoms with E-state index in [9.17, 15) is 14.7 Å². The molecule has 2 aromatic carbocycles. The summed E-state index contributed by atoms with van der Waals surface area (Å²) in [7, 11) is 0. The van der Waals surface area contributed by atoms with Crippen LogP contribution in [-0.4, -0.2) is 16.8 Å². The third-order valence-corrected chi connectivity index (χ3v) is 4.70. The molecule has 5 heteroatoms. The Morgan fingerprint density at radius 1 is 1.22 bits per heavy atom. The van der Waals surface area contributed by atoms with Crippen LogP contribution in [0.5, 0.6) is 0 Å². The largest absolute Gasteiger partial charge is 0.375 e. The van der Waals surface area contributed by atoms with Crippen molar-refractivity contribution >= 4 is 33.3 Å². The molecule has 1 aliphatic heterocycles. The number of anilines is 1. The molecule has 0 bridgehead atoms. The summed E-state index contributed by atoms with van der Waals surface area (Å²) in [5, 5.41) is 13.6. The van der Waals surface area contributed by atoms with Crippen LogP contribution in [0, 0.1) is 0 Å². The number of ketones is 1. The van der Waals surface area contributed by atoms with Gasteiger partial charge in [-0.25, -0.2) is 0 Å². The fourth-order valence-corrected chi connectivity index (χ4v) is 3.14. The number of rotatable bonds is 4. The third kappa shape index (κ3) is 2.71. The summed E-state index contributed by atoms with van der Waals surface area (Å²) < 4.78 is 0.865. The second-order valence-electron chi connectivity index (χ2n) is 5.61. The molecule has 1 heterocycles. The molecule has 0 saturated heterocycles. The summed E-state index contributed by atoms with van der Waals surface area (Å²) in [5.74, 6) is -0.816. The first kappa shape index (κ1) is 15.9. The van der Waals surface area contributed by atoms with Crippen molar-refractivity contribution in [2.45, 2.75) is 25.4 Å². The Morgan fingerprint density at radius 2 is 1.91 bits per heavy atom. The Labute approximate surface area is 142 Å². The molecule has 1 atom stereocenters. The first-order valence-electron chi connectivity index (χ1n) is 7.40. The molecular formula is C18H16BrNO3. The van der Waals surface area contributed by atoms with Gasteiger partial charge in [-0.3, -0.25) is 9.59 Å². The lowest BCUT2D eigenvalue weighted by molar-refractivity contribution is -0.133. The highest BCUT2D eigenvalue weighted by molar-refractivity contribution is 9.10. The predicted molar refractivity (Wildman–Crippen MR) is 91.4 cm³/mol. The van der Waals surface area contributed by atoms with Crippen molar-refractivity contribution in [3.8, 4) is 0 Å². The van der Waals surface area contributed by atoms with E-state index in [1.165, 1.54) is 0 Å². The van der Waals surface area contributed by atoms with Crippen molar-refractivity contribution in [3.05, 3.63) is 63.6 Å². The number of benzene rings is 2. The lowest BCUT2D eigenvalue weighted by Crippen LogP contribution is -2.36. The van der Waals surface area contributed by atoms with E-state index < -0.39 is 11.5 Å². The zero-order chi connectivity index (χ0) is 16.6. The Kier molecular flexibility index (Phi) is 4.08. The smallest absolute Gasteiger partial charge is 0.261 e. The molecule has 2 aromatic rings. The maximum absolute atomic E-state index is 12.5. The van der Waals surface area contributed by atoms with E-state index in [0.29, 0.717) is 16.8 Å². The van der Waals surface area contributed by atoms with E-state index in [1.54, 1.807) is 36.4 Å². The van der Waals surface area contributed by atoms with Gasteiger partial charge >= 0.3 is 0 Å². The van der Waals surface area contributed by atoms with E-state index in [1.807, 2.05) is 13.0 Å². The standard InChI is InChI=1S/C18H16BrNO3/c1-2-11-4-3-5-14-16(11)20-17(22)18(14,23)10-15(21)12-6-8-13(19)9-7-12/h3-9,23H,2,10H2,1H3,(H,20,22)/t18-/m0/s1. The van der Waals surface area contributed by atoms with Gasteiger partial charge in [0.05, 0.1) is 12.1 Å². The minimum Gasteiger partial charge on any atom is -0.375 e. The summed E-state index contributed by atoms with van der Waals surface area (Å²) in [6, 6.07) is 12.3. The van der Waals surface area contributed by atoms with Crippen molar-refractivity contribution in [1.29, 1.82) is 0 Å². The summed E-state index contributed by atoms with van der Waals surface area (Å²) >= 11 is 3.32. The van der Waals surface area contributed by atoms with Crippen LogP contribution in [0.2, 0.25) is 0 Å². The fraction of sp³-hybridized carbons (Fsp3) is 0.222. The van der Waals surface area contributed by atoms with Crippen molar-refractivity contribution < 1.29 is 14.7 Å². The average molecular weight is 374 g/mol. The average Bonchev–Trinajstić information content (AvgIpc) is 2.79. The molecule has 118 valence electrons. The Morgan fingerprint density at radius 3 is 2.57 bits per heavy atom. The van der Waals surface area contributed by atoms with E-state index in [-0.39, 0.29) is 12.2 Å². The number of halogens is 1. The predicted octanol–water partition coefficient (Wildman–Crippen LogP) is 3.42. The number of hydrogen-bond acceptors (Lipinski definition) is 3. The normalized spacial score (nSPS) is 19.3. The highest BCUT2D eigenvalue weighted by Gasteiger charge is 2.47. The van der Waals surface area contributed by atoms with Gasteiger partial charge in [-0.2, -0.15) is 0 Å². The van der Waals surface area contributed by atoms with Gasteiger partial charge in [-0.15, -0.1) is 0 Å². The molecule has 23 heavy (non-hydrogen) atoms. The molecule has 0 fully saturated rings. The van der Waals surface area contributed by atoms with Gasteiger partial charge in [0.25, 0.3) is 5.91 Å². The number of Topliss-reactive ketones (excluding diaryl/α,β-unsaturated/α-hetero) is 1. The Bertz CT molecular complexity index is 785. The number of aryl methyl sites for hydroxylation is 1. The molecule has 0 aromatic heterocycles. The highest BCUT2D eigenvalue weighted by Crippen LogP contribution is 2.41. The molecule has 1 aliphatic rings. The van der Waals surface area contributed by atoms with Crippen molar-refractivity contribution in [2.24, 2.45) is 0 Å². The van der Waals surface area contributed by atoms with Gasteiger partial charge in [0.15, 0.2) is 11.4 Å². The minimum absolute atomic E-state index is 0.273. The molecule has 0 radical (unpaired) electrons. The summed E-state index contributed by atoms with van der Waals surface area (Å²) in [4.78, 5) is 24.8. The van der Waals surface area contributed by atoms with Gasteiger partial charge in [-0.1, -0.05) is 53.2 Å². The fourth-order valence-electron chi connectivity index (χ4n) is 2.87. The Balaban J connectivity index is 1.95. The molecule has 2 N–H and O–H groups in total. The summed E-state index contributed by atoms with van der Waals surface area (Å²) in [5.41, 5.74) is 0.709. The van der Waals surface area contributed by atoms with Gasteiger partial charge < -0.3 is 10.4 Å². The number of fused-ring (bicyclic) bond motifs is 1. The molecule has 0 unspecified atom stereocenters. The second-order valence-corrected chi connectivity index (χ2v) is 6.53. The first-order valence-corrected chi connectivity index (χ1v) is 8.20. The molecule has 1 amide bonds. The van der Waals surface area contributed by atoms with Gasteiger partial charge in [0.2, 0.25) is 0 Å². The quantitative estimate of drug-likeness (QED) is 0.806. The molecule has 0 aliphatic carbocycles. The number of carbonyl (C=O) groups is 2. The van der Waals surface area contributed by atoms with Crippen molar-refractivity contribution in [2.75, 3.05) is 5.32 Å². The van der Waals surface area contributed by atoms with Crippen LogP contribution in [0.1, 0.15) is 34.8 Å². The summed E-state index contributed by atoms with van der Waals surface area (Å²) in [6.07, 6.45) is 0.459. The van der Waals surface area contributed by atoms with Gasteiger partial charge in [-0.05, 0) is 24.1 Å². The maximum atomic E-state index is 12.5. The number of amides is 1. The Hall–Kier alpha value is -1.98. The first-order chi connectivity index (χ1) is 11.0. The van der Waals surface area contributed by atoms with Gasteiger partial charge in [0, 0.05) is 15.6 Å².